The zero-order valence-electron chi connectivity index (χ0n) is 8.32. The minimum Gasteiger partial charge on any atom is -0.207 e. The van der Waals surface area contributed by atoms with Crippen molar-refractivity contribution in [2.24, 2.45) is 0 Å². The van der Waals surface area contributed by atoms with Crippen LogP contribution >= 0.6 is 0 Å². The van der Waals surface area contributed by atoms with Crippen LogP contribution in [-0.4, -0.2) is 0 Å². The first-order chi connectivity index (χ1) is 6.72. The van der Waals surface area contributed by atoms with Crippen molar-refractivity contribution in [3.8, 4) is 0 Å². The van der Waals surface area contributed by atoms with Gasteiger partial charge in [-0.25, -0.2) is 8.78 Å². The predicted molar refractivity (Wildman–Crippen MR) is 52.3 cm³/mol. The van der Waals surface area contributed by atoms with Crippen LogP contribution in [0, 0.1) is 11.6 Å². The molecule has 0 heterocycles. The Balaban J connectivity index is 2.51. The van der Waals surface area contributed by atoms with Crippen molar-refractivity contribution >= 4 is 0 Å². The summed E-state index contributed by atoms with van der Waals surface area (Å²) in [4.78, 5) is 0. The number of aryl methyl sites for hydroxylation is 1. The van der Waals surface area contributed by atoms with Gasteiger partial charge in [-0.3, -0.25) is 0 Å². The SMILES string of the molecule is CCC1CCCc2cc(F)cc(F)c21. The molecule has 1 aromatic rings. The zero-order chi connectivity index (χ0) is 10.1. The van der Waals surface area contributed by atoms with Gasteiger partial charge in [-0.1, -0.05) is 6.92 Å². The van der Waals surface area contributed by atoms with Gasteiger partial charge in [0.05, 0.1) is 0 Å². The second-order valence-electron chi connectivity index (χ2n) is 3.96. The van der Waals surface area contributed by atoms with E-state index in [1.807, 2.05) is 0 Å². The summed E-state index contributed by atoms with van der Waals surface area (Å²) in [6.45, 7) is 2.06. The molecule has 0 radical (unpaired) electrons. The lowest BCUT2D eigenvalue weighted by Crippen LogP contribution is -2.12. The van der Waals surface area contributed by atoms with Crippen LogP contribution in [0.2, 0.25) is 0 Å². The average Bonchev–Trinajstić information content (AvgIpc) is 2.16. The number of rotatable bonds is 1. The molecular formula is C12H14F2. The Hall–Kier alpha value is -0.920. The standard InChI is InChI=1S/C12H14F2/c1-2-8-4-3-5-9-6-10(13)7-11(14)12(8)9/h6-8H,2-5H2,1H3. The first-order valence-corrected chi connectivity index (χ1v) is 5.20. The Kier molecular flexibility index (Phi) is 2.53. The summed E-state index contributed by atoms with van der Waals surface area (Å²) in [6.07, 6.45) is 3.84. The third kappa shape index (κ3) is 1.54. The van der Waals surface area contributed by atoms with Crippen molar-refractivity contribution in [1.29, 1.82) is 0 Å². The zero-order valence-corrected chi connectivity index (χ0v) is 8.32. The van der Waals surface area contributed by atoms with Crippen LogP contribution in [0.25, 0.3) is 0 Å². The Morgan fingerprint density at radius 1 is 1.36 bits per heavy atom. The molecule has 0 fully saturated rings. The molecule has 0 amide bonds. The average molecular weight is 196 g/mol. The maximum Gasteiger partial charge on any atom is 0.129 e. The van der Waals surface area contributed by atoms with E-state index < -0.39 is 5.82 Å². The minimum absolute atomic E-state index is 0.291. The van der Waals surface area contributed by atoms with Crippen molar-refractivity contribution in [2.75, 3.05) is 0 Å². The molecular weight excluding hydrogens is 182 g/mol. The quantitative estimate of drug-likeness (QED) is 0.641. The lowest BCUT2D eigenvalue weighted by Gasteiger charge is -2.24. The summed E-state index contributed by atoms with van der Waals surface area (Å²) < 4.78 is 26.5. The first-order valence-electron chi connectivity index (χ1n) is 5.20. The fourth-order valence-electron chi connectivity index (χ4n) is 2.39. The van der Waals surface area contributed by atoms with Gasteiger partial charge in [-0.15, -0.1) is 0 Å². The van der Waals surface area contributed by atoms with Crippen molar-refractivity contribution in [1.82, 2.24) is 0 Å². The van der Waals surface area contributed by atoms with Crippen LogP contribution in [0.15, 0.2) is 12.1 Å². The van der Waals surface area contributed by atoms with E-state index in [2.05, 4.69) is 6.92 Å². The third-order valence-electron chi connectivity index (χ3n) is 3.08. The monoisotopic (exact) mass is 196 g/mol. The number of benzene rings is 1. The highest BCUT2D eigenvalue weighted by Crippen LogP contribution is 2.35. The van der Waals surface area contributed by atoms with Gasteiger partial charge < -0.3 is 0 Å². The Morgan fingerprint density at radius 2 is 2.14 bits per heavy atom. The lowest BCUT2D eigenvalue weighted by molar-refractivity contribution is 0.488. The topological polar surface area (TPSA) is 0 Å². The molecule has 2 rings (SSSR count). The van der Waals surface area contributed by atoms with Crippen LogP contribution in [-0.2, 0) is 6.42 Å². The number of halogens is 2. The molecule has 0 N–H and O–H groups in total. The summed E-state index contributed by atoms with van der Waals surface area (Å²) in [6, 6.07) is 2.49. The first kappa shape index (κ1) is 9.63. The molecule has 76 valence electrons. The van der Waals surface area contributed by atoms with Gasteiger partial charge in [0.15, 0.2) is 0 Å². The van der Waals surface area contributed by atoms with Crippen LogP contribution in [0.4, 0.5) is 8.78 Å². The molecule has 1 atom stereocenters. The molecule has 0 saturated carbocycles. The minimum atomic E-state index is -0.446. The van der Waals surface area contributed by atoms with Crippen molar-refractivity contribution < 1.29 is 8.78 Å². The van der Waals surface area contributed by atoms with E-state index in [0.717, 1.165) is 42.9 Å². The van der Waals surface area contributed by atoms with Gasteiger partial charge in [0.25, 0.3) is 0 Å². The summed E-state index contributed by atoms with van der Waals surface area (Å²) in [7, 11) is 0. The van der Waals surface area contributed by atoms with E-state index in [1.165, 1.54) is 6.07 Å². The van der Waals surface area contributed by atoms with Crippen molar-refractivity contribution in [3.63, 3.8) is 0 Å². The lowest BCUT2D eigenvalue weighted by atomic mass is 9.81. The number of fused-ring (bicyclic) bond motifs is 1. The summed E-state index contributed by atoms with van der Waals surface area (Å²) in [5, 5.41) is 0. The summed E-state index contributed by atoms with van der Waals surface area (Å²) in [5.41, 5.74) is 1.64. The molecule has 0 nitrogen and oxygen atoms in total. The van der Waals surface area contributed by atoms with E-state index in [-0.39, 0.29) is 5.82 Å². The Morgan fingerprint density at radius 3 is 2.86 bits per heavy atom. The number of hydrogen-bond donors (Lipinski definition) is 0. The van der Waals surface area contributed by atoms with Crippen molar-refractivity contribution in [3.05, 3.63) is 34.9 Å². The molecule has 0 bridgehead atoms. The van der Waals surface area contributed by atoms with Crippen LogP contribution in [0.3, 0.4) is 0 Å². The molecule has 1 aliphatic carbocycles. The normalized spacial score (nSPS) is 20.6. The molecule has 1 unspecified atom stereocenters. The fraction of sp³-hybridized carbons (Fsp3) is 0.500. The smallest absolute Gasteiger partial charge is 0.129 e. The highest BCUT2D eigenvalue weighted by molar-refractivity contribution is 5.34. The molecule has 0 saturated heterocycles. The van der Waals surface area contributed by atoms with Crippen molar-refractivity contribution in [2.45, 2.75) is 38.5 Å². The Labute approximate surface area is 82.9 Å². The third-order valence-corrected chi connectivity index (χ3v) is 3.08. The molecule has 2 heteroatoms. The van der Waals surface area contributed by atoms with Gasteiger partial charge in [0.2, 0.25) is 0 Å². The van der Waals surface area contributed by atoms with E-state index in [4.69, 9.17) is 0 Å². The summed E-state index contributed by atoms with van der Waals surface area (Å²) >= 11 is 0. The summed E-state index contributed by atoms with van der Waals surface area (Å²) in [5.74, 6) is -0.510. The fourth-order valence-corrected chi connectivity index (χ4v) is 2.39. The van der Waals surface area contributed by atoms with Gasteiger partial charge >= 0.3 is 0 Å². The van der Waals surface area contributed by atoms with Gasteiger partial charge in [0.1, 0.15) is 11.6 Å². The second-order valence-corrected chi connectivity index (χ2v) is 3.96. The van der Waals surface area contributed by atoms with Crippen LogP contribution < -0.4 is 0 Å². The maximum atomic E-state index is 13.5. The molecule has 0 aliphatic heterocycles. The van der Waals surface area contributed by atoms with E-state index >= 15 is 0 Å². The van der Waals surface area contributed by atoms with Gasteiger partial charge in [-0.2, -0.15) is 0 Å². The highest BCUT2D eigenvalue weighted by atomic mass is 19.1. The van der Waals surface area contributed by atoms with Crippen LogP contribution in [0.5, 0.6) is 0 Å². The molecule has 14 heavy (non-hydrogen) atoms. The highest BCUT2D eigenvalue weighted by Gasteiger charge is 2.22. The predicted octanol–water partition coefficient (Wildman–Crippen LogP) is 3.79. The molecule has 0 aromatic heterocycles. The molecule has 1 aliphatic rings. The maximum absolute atomic E-state index is 13.5. The van der Waals surface area contributed by atoms with E-state index in [1.54, 1.807) is 0 Å². The van der Waals surface area contributed by atoms with E-state index in [0.29, 0.717) is 5.92 Å². The second kappa shape index (κ2) is 3.68. The molecule has 0 spiro atoms. The van der Waals surface area contributed by atoms with Crippen LogP contribution in [0.1, 0.15) is 43.2 Å². The Bertz CT molecular complexity index is 344. The van der Waals surface area contributed by atoms with E-state index in [9.17, 15) is 8.78 Å². The number of hydrogen-bond acceptors (Lipinski definition) is 0. The molecule has 1 aromatic carbocycles. The van der Waals surface area contributed by atoms with Gasteiger partial charge in [-0.05, 0) is 48.8 Å². The largest absolute Gasteiger partial charge is 0.207 e. The van der Waals surface area contributed by atoms with Gasteiger partial charge in [0, 0.05) is 6.07 Å².